The first-order chi connectivity index (χ1) is 11.1. The van der Waals surface area contributed by atoms with E-state index in [0.29, 0.717) is 13.0 Å². The fraction of sp³-hybridized carbons (Fsp3) is 0.579. The number of hydrogen-bond donors (Lipinski definition) is 2. The van der Waals surface area contributed by atoms with Gasteiger partial charge in [0.15, 0.2) is 0 Å². The van der Waals surface area contributed by atoms with Crippen LogP contribution < -0.4 is 10.6 Å². The topological polar surface area (TPSA) is 58.2 Å². The van der Waals surface area contributed by atoms with Crippen molar-refractivity contribution in [1.82, 2.24) is 5.32 Å². The van der Waals surface area contributed by atoms with E-state index in [2.05, 4.69) is 43.5 Å². The number of carbonyl (C=O) groups excluding carboxylic acids is 2. The van der Waals surface area contributed by atoms with Gasteiger partial charge in [-0.3, -0.25) is 9.59 Å². The van der Waals surface area contributed by atoms with Crippen LogP contribution in [0.3, 0.4) is 0 Å². The molecule has 1 aromatic carbocycles. The SMILES string of the molecule is CCCCNC(=O)C1CC1C(=O)Nc1c(CC)cccc1CC. The van der Waals surface area contributed by atoms with Crippen LogP contribution in [-0.2, 0) is 22.4 Å². The molecule has 2 atom stereocenters. The predicted molar refractivity (Wildman–Crippen MR) is 93.3 cm³/mol. The van der Waals surface area contributed by atoms with Crippen LogP contribution in [0.4, 0.5) is 5.69 Å². The lowest BCUT2D eigenvalue weighted by Gasteiger charge is -2.14. The van der Waals surface area contributed by atoms with Gasteiger partial charge in [0.25, 0.3) is 0 Å². The molecule has 2 rings (SSSR count). The van der Waals surface area contributed by atoms with Gasteiger partial charge in [-0.1, -0.05) is 45.4 Å². The first kappa shape index (κ1) is 17.5. The molecule has 0 bridgehead atoms. The summed E-state index contributed by atoms with van der Waals surface area (Å²) in [5.41, 5.74) is 3.25. The Bertz CT molecular complexity index is 546. The maximum atomic E-state index is 12.5. The molecule has 2 N–H and O–H groups in total. The number of carbonyl (C=O) groups is 2. The smallest absolute Gasteiger partial charge is 0.228 e. The van der Waals surface area contributed by atoms with Crippen LogP contribution in [0.2, 0.25) is 0 Å². The molecule has 0 heterocycles. The standard InChI is InChI=1S/C19H28N2O2/c1-4-7-11-20-18(22)15-12-16(15)19(23)21-17-13(5-2)9-8-10-14(17)6-3/h8-10,15-16H,4-7,11-12H2,1-3H3,(H,20,22)(H,21,23). The van der Waals surface area contributed by atoms with E-state index in [1.54, 1.807) is 0 Å². The van der Waals surface area contributed by atoms with Crippen molar-refractivity contribution in [1.29, 1.82) is 0 Å². The van der Waals surface area contributed by atoms with Gasteiger partial charge in [-0.25, -0.2) is 0 Å². The van der Waals surface area contributed by atoms with Crippen molar-refractivity contribution >= 4 is 17.5 Å². The lowest BCUT2D eigenvalue weighted by Crippen LogP contribution is -2.28. The van der Waals surface area contributed by atoms with Gasteiger partial charge >= 0.3 is 0 Å². The van der Waals surface area contributed by atoms with Crippen LogP contribution in [0, 0.1) is 11.8 Å². The summed E-state index contributed by atoms with van der Waals surface area (Å²) < 4.78 is 0. The van der Waals surface area contributed by atoms with Crippen LogP contribution >= 0.6 is 0 Å². The molecule has 2 amide bonds. The zero-order chi connectivity index (χ0) is 16.8. The maximum absolute atomic E-state index is 12.5. The Kier molecular flexibility index (Phi) is 6.20. The second-order valence-corrected chi connectivity index (χ2v) is 6.24. The van der Waals surface area contributed by atoms with Gasteiger partial charge in [0, 0.05) is 12.2 Å². The molecule has 1 aliphatic carbocycles. The average molecular weight is 316 g/mol. The van der Waals surface area contributed by atoms with E-state index in [1.165, 1.54) is 0 Å². The Morgan fingerprint density at radius 1 is 1.04 bits per heavy atom. The molecule has 0 spiro atoms. The lowest BCUT2D eigenvalue weighted by atomic mass is 10.0. The third kappa shape index (κ3) is 4.34. The highest BCUT2D eigenvalue weighted by atomic mass is 16.2. The Morgan fingerprint density at radius 3 is 2.22 bits per heavy atom. The number of rotatable bonds is 8. The van der Waals surface area contributed by atoms with Crippen LogP contribution in [0.25, 0.3) is 0 Å². The third-order valence-corrected chi connectivity index (χ3v) is 4.54. The molecule has 0 radical (unpaired) electrons. The average Bonchev–Trinajstić information content (AvgIpc) is 3.36. The highest BCUT2D eigenvalue weighted by molar-refractivity contribution is 6.00. The van der Waals surface area contributed by atoms with E-state index in [-0.39, 0.29) is 23.7 Å². The molecule has 0 aromatic heterocycles. The van der Waals surface area contributed by atoms with Crippen molar-refractivity contribution < 1.29 is 9.59 Å². The van der Waals surface area contributed by atoms with Gasteiger partial charge in [0.2, 0.25) is 11.8 Å². The molecular weight excluding hydrogens is 288 g/mol. The van der Waals surface area contributed by atoms with Gasteiger partial charge in [-0.15, -0.1) is 0 Å². The fourth-order valence-electron chi connectivity index (χ4n) is 2.91. The maximum Gasteiger partial charge on any atom is 0.228 e. The second-order valence-electron chi connectivity index (χ2n) is 6.24. The van der Waals surface area contributed by atoms with E-state index in [4.69, 9.17) is 0 Å². The number of hydrogen-bond acceptors (Lipinski definition) is 2. The summed E-state index contributed by atoms with van der Waals surface area (Å²) in [6, 6.07) is 6.14. The molecule has 23 heavy (non-hydrogen) atoms. The summed E-state index contributed by atoms with van der Waals surface area (Å²) in [5, 5.41) is 6.00. The van der Waals surface area contributed by atoms with Crippen molar-refractivity contribution in [2.24, 2.45) is 11.8 Å². The Morgan fingerprint density at radius 2 is 1.65 bits per heavy atom. The van der Waals surface area contributed by atoms with Gasteiger partial charge in [-0.2, -0.15) is 0 Å². The zero-order valence-electron chi connectivity index (χ0n) is 14.4. The summed E-state index contributed by atoms with van der Waals surface area (Å²) in [7, 11) is 0. The number of nitrogens with one attached hydrogen (secondary N) is 2. The first-order valence-corrected chi connectivity index (χ1v) is 8.81. The molecule has 1 aromatic rings. The number of unbranched alkanes of at least 4 members (excludes halogenated alkanes) is 1. The van der Waals surface area contributed by atoms with Gasteiger partial charge < -0.3 is 10.6 Å². The normalized spacial score (nSPS) is 19.3. The number of para-hydroxylation sites is 1. The highest BCUT2D eigenvalue weighted by Crippen LogP contribution is 2.40. The molecule has 4 heteroatoms. The van der Waals surface area contributed by atoms with E-state index >= 15 is 0 Å². The van der Waals surface area contributed by atoms with E-state index in [0.717, 1.165) is 42.5 Å². The number of aryl methyl sites for hydroxylation is 2. The molecule has 2 unspecified atom stereocenters. The zero-order valence-corrected chi connectivity index (χ0v) is 14.4. The Labute approximate surface area is 139 Å². The molecule has 4 nitrogen and oxygen atoms in total. The Balaban J connectivity index is 1.95. The molecule has 0 aliphatic heterocycles. The van der Waals surface area contributed by atoms with Crippen molar-refractivity contribution in [3.63, 3.8) is 0 Å². The number of anilines is 1. The van der Waals surface area contributed by atoms with E-state index < -0.39 is 0 Å². The van der Waals surface area contributed by atoms with Crippen LogP contribution in [0.15, 0.2) is 18.2 Å². The predicted octanol–water partition coefficient (Wildman–Crippen LogP) is 3.30. The van der Waals surface area contributed by atoms with Crippen molar-refractivity contribution in [2.45, 2.75) is 52.9 Å². The van der Waals surface area contributed by atoms with E-state index in [9.17, 15) is 9.59 Å². The lowest BCUT2D eigenvalue weighted by molar-refractivity contribution is -0.125. The van der Waals surface area contributed by atoms with Crippen LogP contribution in [0.5, 0.6) is 0 Å². The number of amides is 2. The quantitative estimate of drug-likeness (QED) is 0.723. The molecule has 1 aliphatic rings. The second kappa shape index (κ2) is 8.14. The molecular formula is C19H28N2O2. The largest absolute Gasteiger partial charge is 0.356 e. The minimum absolute atomic E-state index is 0.0174. The number of benzene rings is 1. The summed E-state index contributed by atoms with van der Waals surface area (Å²) in [6.45, 7) is 6.98. The minimum Gasteiger partial charge on any atom is -0.356 e. The minimum atomic E-state index is -0.175. The third-order valence-electron chi connectivity index (χ3n) is 4.54. The molecule has 0 saturated heterocycles. The Hall–Kier alpha value is -1.84. The van der Waals surface area contributed by atoms with E-state index in [1.807, 2.05) is 6.07 Å². The van der Waals surface area contributed by atoms with Crippen molar-refractivity contribution in [3.8, 4) is 0 Å². The highest BCUT2D eigenvalue weighted by Gasteiger charge is 2.48. The van der Waals surface area contributed by atoms with Gasteiger partial charge in [0.05, 0.1) is 11.8 Å². The fourth-order valence-corrected chi connectivity index (χ4v) is 2.91. The van der Waals surface area contributed by atoms with Crippen LogP contribution in [-0.4, -0.2) is 18.4 Å². The van der Waals surface area contributed by atoms with Crippen molar-refractivity contribution in [2.75, 3.05) is 11.9 Å². The van der Waals surface area contributed by atoms with Crippen molar-refractivity contribution in [3.05, 3.63) is 29.3 Å². The van der Waals surface area contributed by atoms with Crippen LogP contribution in [0.1, 0.15) is 51.2 Å². The summed E-state index contributed by atoms with van der Waals surface area (Å²) >= 11 is 0. The molecule has 126 valence electrons. The molecule has 1 saturated carbocycles. The van der Waals surface area contributed by atoms with Gasteiger partial charge in [0.1, 0.15) is 0 Å². The molecule has 1 fully saturated rings. The summed E-state index contributed by atoms with van der Waals surface area (Å²) in [4.78, 5) is 24.5. The monoisotopic (exact) mass is 316 g/mol. The summed E-state index contributed by atoms with van der Waals surface area (Å²) in [6.07, 6.45) is 4.48. The summed E-state index contributed by atoms with van der Waals surface area (Å²) in [5.74, 6) is -0.314. The van der Waals surface area contributed by atoms with Gasteiger partial charge in [-0.05, 0) is 36.8 Å². The first-order valence-electron chi connectivity index (χ1n) is 8.81.